The van der Waals surface area contributed by atoms with Crippen molar-refractivity contribution in [3.63, 3.8) is 0 Å². The highest BCUT2D eigenvalue weighted by Gasteiger charge is 2.50. The number of aliphatic hydroxyl groups is 1. The molecule has 2 atom stereocenters. The second-order valence-corrected chi connectivity index (χ2v) is 5.87. The van der Waals surface area contributed by atoms with Gasteiger partial charge in [-0.15, -0.1) is 0 Å². The van der Waals surface area contributed by atoms with Gasteiger partial charge in [-0.25, -0.2) is 0 Å². The lowest BCUT2D eigenvalue weighted by atomic mass is 9.77. The standard InChI is InChI=1S/C15H28O5/c1-17-8-9-19-11-10-18-6-4-15(12-16)5-7-20-14(15)13-2-3-13/h13-14,16H,2-12H2,1H3. The fourth-order valence-electron chi connectivity index (χ4n) is 3.00. The van der Waals surface area contributed by atoms with Crippen LogP contribution in [0, 0.1) is 11.3 Å². The summed E-state index contributed by atoms with van der Waals surface area (Å²) in [4.78, 5) is 0. The Balaban J connectivity index is 1.59. The van der Waals surface area contributed by atoms with Crippen molar-refractivity contribution in [2.75, 3.05) is 53.4 Å². The number of hydrogen-bond acceptors (Lipinski definition) is 5. The summed E-state index contributed by atoms with van der Waals surface area (Å²) in [5.41, 5.74) is -0.0714. The van der Waals surface area contributed by atoms with Crippen LogP contribution in [0.15, 0.2) is 0 Å². The van der Waals surface area contributed by atoms with Crippen molar-refractivity contribution in [3.8, 4) is 0 Å². The lowest BCUT2D eigenvalue weighted by Gasteiger charge is -2.32. The van der Waals surface area contributed by atoms with Crippen LogP contribution < -0.4 is 0 Å². The number of methoxy groups -OCH3 is 1. The van der Waals surface area contributed by atoms with Crippen LogP contribution in [0.2, 0.25) is 0 Å². The zero-order chi connectivity index (χ0) is 14.3. The summed E-state index contributed by atoms with van der Waals surface area (Å²) in [6.45, 7) is 4.08. The molecule has 2 fully saturated rings. The van der Waals surface area contributed by atoms with Gasteiger partial charge in [0.05, 0.1) is 39.1 Å². The summed E-state index contributed by atoms with van der Waals surface area (Å²) < 4.78 is 21.7. The molecule has 118 valence electrons. The fraction of sp³-hybridized carbons (Fsp3) is 1.00. The molecule has 2 aliphatic rings. The minimum atomic E-state index is -0.0714. The summed E-state index contributed by atoms with van der Waals surface area (Å²) in [5, 5.41) is 9.79. The zero-order valence-corrected chi connectivity index (χ0v) is 12.5. The van der Waals surface area contributed by atoms with Crippen molar-refractivity contribution in [2.45, 2.75) is 31.8 Å². The molecule has 1 aliphatic carbocycles. The van der Waals surface area contributed by atoms with E-state index in [2.05, 4.69) is 0 Å². The highest BCUT2D eigenvalue weighted by molar-refractivity contribution is 4.99. The number of aliphatic hydroxyl groups excluding tert-OH is 1. The van der Waals surface area contributed by atoms with Gasteiger partial charge >= 0.3 is 0 Å². The Hall–Kier alpha value is -0.200. The van der Waals surface area contributed by atoms with Gasteiger partial charge in [0.25, 0.3) is 0 Å². The molecule has 5 nitrogen and oxygen atoms in total. The van der Waals surface area contributed by atoms with Crippen LogP contribution in [0.25, 0.3) is 0 Å². The van der Waals surface area contributed by atoms with E-state index in [4.69, 9.17) is 18.9 Å². The summed E-state index contributed by atoms with van der Waals surface area (Å²) in [7, 11) is 1.66. The first-order valence-electron chi connectivity index (χ1n) is 7.69. The van der Waals surface area contributed by atoms with Crippen molar-refractivity contribution < 1.29 is 24.1 Å². The third kappa shape index (κ3) is 4.40. The number of ether oxygens (including phenoxy) is 4. The van der Waals surface area contributed by atoms with Gasteiger partial charge in [0.1, 0.15) is 0 Å². The van der Waals surface area contributed by atoms with E-state index < -0.39 is 0 Å². The molecule has 1 N–H and O–H groups in total. The Morgan fingerprint density at radius 2 is 1.80 bits per heavy atom. The maximum absolute atomic E-state index is 9.79. The minimum Gasteiger partial charge on any atom is -0.396 e. The highest BCUT2D eigenvalue weighted by Crippen LogP contribution is 2.49. The van der Waals surface area contributed by atoms with Crippen LogP contribution in [-0.4, -0.2) is 64.6 Å². The van der Waals surface area contributed by atoms with E-state index in [1.807, 2.05) is 0 Å². The Labute approximate surface area is 121 Å². The maximum atomic E-state index is 9.79. The molecule has 1 aliphatic heterocycles. The molecular formula is C15H28O5. The monoisotopic (exact) mass is 288 g/mol. The molecule has 0 aromatic heterocycles. The van der Waals surface area contributed by atoms with Crippen molar-refractivity contribution >= 4 is 0 Å². The molecule has 5 heteroatoms. The third-order valence-corrected chi connectivity index (χ3v) is 4.41. The van der Waals surface area contributed by atoms with Crippen LogP contribution in [0.1, 0.15) is 25.7 Å². The molecule has 0 aromatic carbocycles. The molecule has 0 spiro atoms. The summed E-state index contributed by atoms with van der Waals surface area (Å²) in [6.07, 6.45) is 4.58. The van der Waals surface area contributed by atoms with E-state index in [1.54, 1.807) is 7.11 Å². The van der Waals surface area contributed by atoms with Gasteiger partial charge < -0.3 is 24.1 Å². The van der Waals surface area contributed by atoms with E-state index in [0.29, 0.717) is 39.0 Å². The molecule has 0 aromatic rings. The molecule has 1 heterocycles. The summed E-state index contributed by atoms with van der Waals surface area (Å²) >= 11 is 0. The first-order chi connectivity index (χ1) is 9.82. The minimum absolute atomic E-state index is 0.0714. The molecule has 2 unspecified atom stereocenters. The van der Waals surface area contributed by atoms with Gasteiger partial charge in [0.2, 0.25) is 0 Å². The van der Waals surface area contributed by atoms with Gasteiger partial charge in [-0.05, 0) is 31.6 Å². The number of hydrogen-bond donors (Lipinski definition) is 1. The molecule has 20 heavy (non-hydrogen) atoms. The Morgan fingerprint density at radius 3 is 2.45 bits per heavy atom. The molecule has 0 bridgehead atoms. The van der Waals surface area contributed by atoms with Gasteiger partial charge in [0, 0.05) is 25.7 Å². The van der Waals surface area contributed by atoms with Crippen molar-refractivity contribution in [3.05, 3.63) is 0 Å². The van der Waals surface area contributed by atoms with Crippen LogP contribution in [0.5, 0.6) is 0 Å². The summed E-state index contributed by atoms with van der Waals surface area (Å²) in [6, 6.07) is 0. The smallest absolute Gasteiger partial charge is 0.0701 e. The lowest BCUT2D eigenvalue weighted by Crippen LogP contribution is -2.37. The van der Waals surface area contributed by atoms with Crippen LogP contribution >= 0.6 is 0 Å². The van der Waals surface area contributed by atoms with Gasteiger partial charge in [-0.1, -0.05) is 0 Å². The van der Waals surface area contributed by atoms with Gasteiger partial charge in [-0.3, -0.25) is 0 Å². The summed E-state index contributed by atoms with van der Waals surface area (Å²) in [5.74, 6) is 0.669. The number of rotatable bonds is 11. The van der Waals surface area contributed by atoms with Gasteiger partial charge in [0.15, 0.2) is 0 Å². The average molecular weight is 288 g/mol. The Kier molecular flexibility index (Phi) is 6.71. The van der Waals surface area contributed by atoms with E-state index in [0.717, 1.165) is 19.4 Å². The topological polar surface area (TPSA) is 57.2 Å². The van der Waals surface area contributed by atoms with Crippen LogP contribution in [0.3, 0.4) is 0 Å². The highest BCUT2D eigenvalue weighted by atomic mass is 16.5. The molecule has 0 amide bonds. The van der Waals surface area contributed by atoms with Gasteiger partial charge in [-0.2, -0.15) is 0 Å². The second-order valence-electron chi connectivity index (χ2n) is 5.87. The predicted molar refractivity (Wildman–Crippen MR) is 74.7 cm³/mol. The Morgan fingerprint density at radius 1 is 1.10 bits per heavy atom. The normalized spacial score (nSPS) is 30.0. The second kappa shape index (κ2) is 8.29. The predicted octanol–water partition coefficient (Wildman–Crippen LogP) is 1.23. The van der Waals surface area contributed by atoms with E-state index in [1.165, 1.54) is 12.8 Å². The first kappa shape index (κ1) is 16.2. The van der Waals surface area contributed by atoms with E-state index in [-0.39, 0.29) is 18.1 Å². The SMILES string of the molecule is COCCOCCOCCC1(CO)CCOC1C1CC1. The molecular weight excluding hydrogens is 260 g/mol. The van der Waals surface area contributed by atoms with Crippen molar-refractivity contribution in [1.29, 1.82) is 0 Å². The van der Waals surface area contributed by atoms with E-state index >= 15 is 0 Å². The Bertz CT molecular complexity index is 269. The van der Waals surface area contributed by atoms with Crippen LogP contribution in [-0.2, 0) is 18.9 Å². The molecule has 2 rings (SSSR count). The zero-order valence-electron chi connectivity index (χ0n) is 12.5. The average Bonchev–Trinajstić information content (AvgIpc) is 3.23. The largest absolute Gasteiger partial charge is 0.396 e. The van der Waals surface area contributed by atoms with Crippen LogP contribution in [0.4, 0.5) is 0 Å². The quantitative estimate of drug-likeness (QED) is 0.580. The fourth-order valence-corrected chi connectivity index (χ4v) is 3.00. The van der Waals surface area contributed by atoms with E-state index in [9.17, 15) is 5.11 Å². The van der Waals surface area contributed by atoms with Crippen molar-refractivity contribution in [1.82, 2.24) is 0 Å². The first-order valence-corrected chi connectivity index (χ1v) is 7.69. The third-order valence-electron chi connectivity index (χ3n) is 4.41. The molecule has 0 radical (unpaired) electrons. The van der Waals surface area contributed by atoms with Crippen molar-refractivity contribution in [2.24, 2.45) is 11.3 Å². The lowest BCUT2D eigenvalue weighted by molar-refractivity contribution is -0.0280. The molecule has 1 saturated carbocycles. The maximum Gasteiger partial charge on any atom is 0.0701 e. The molecule has 1 saturated heterocycles.